The van der Waals surface area contributed by atoms with E-state index in [0.717, 1.165) is 6.42 Å². The maximum Gasteiger partial charge on any atom is 0.306 e. The van der Waals surface area contributed by atoms with Crippen LogP contribution in [-0.2, 0) is 23.9 Å². The molecule has 0 saturated carbocycles. The first-order valence-corrected chi connectivity index (χ1v) is 8.43. The molecule has 0 bridgehead atoms. The SMILES string of the molecule is CC[C@@H](C)CC(=O)O[C@@H]1C(=O)C(CO)=C[C@H](OC(C)=O)[C@@H]1C(C)C. The van der Waals surface area contributed by atoms with Crippen molar-refractivity contribution in [3.63, 3.8) is 0 Å². The van der Waals surface area contributed by atoms with Gasteiger partial charge in [0.15, 0.2) is 6.10 Å². The van der Waals surface area contributed by atoms with E-state index in [1.165, 1.54) is 13.0 Å². The highest BCUT2D eigenvalue weighted by Crippen LogP contribution is 2.32. The molecule has 0 spiro atoms. The molecule has 0 radical (unpaired) electrons. The smallest absolute Gasteiger partial charge is 0.306 e. The van der Waals surface area contributed by atoms with E-state index in [4.69, 9.17) is 9.47 Å². The molecule has 6 heteroatoms. The average molecular weight is 340 g/mol. The van der Waals surface area contributed by atoms with Crippen molar-refractivity contribution >= 4 is 17.7 Å². The second-order valence-electron chi connectivity index (χ2n) is 6.74. The van der Waals surface area contributed by atoms with Crippen molar-refractivity contribution < 1.29 is 29.0 Å². The number of ketones is 1. The molecule has 6 nitrogen and oxygen atoms in total. The zero-order valence-electron chi connectivity index (χ0n) is 15.1. The minimum atomic E-state index is -1.04. The molecule has 0 aromatic carbocycles. The van der Waals surface area contributed by atoms with Gasteiger partial charge < -0.3 is 14.6 Å². The van der Waals surface area contributed by atoms with Crippen molar-refractivity contribution in [1.29, 1.82) is 0 Å². The van der Waals surface area contributed by atoms with Gasteiger partial charge in [-0.25, -0.2) is 0 Å². The lowest BCUT2D eigenvalue weighted by Gasteiger charge is -2.37. The monoisotopic (exact) mass is 340 g/mol. The Hall–Kier alpha value is -1.69. The number of hydrogen-bond donors (Lipinski definition) is 1. The normalized spacial score (nSPS) is 25.2. The van der Waals surface area contributed by atoms with Crippen molar-refractivity contribution in [2.45, 2.75) is 59.7 Å². The predicted molar refractivity (Wildman–Crippen MR) is 88.0 cm³/mol. The van der Waals surface area contributed by atoms with Crippen molar-refractivity contribution in [1.82, 2.24) is 0 Å². The summed E-state index contributed by atoms with van der Waals surface area (Å²) in [7, 11) is 0. The Labute approximate surface area is 143 Å². The summed E-state index contributed by atoms with van der Waals surface area (Å²) in [5, 5.41) is 9.40. The van der Waals surface area contributed by atoms with Gasteiger partial charge in [-0.15, -0.1) is 0 Å². The number of ether oxygens (including phenoxy) is 2. The second-order valence-corrected chi connectivity index (χ2v) is 6.74. The van der Waals surface area contributed by atoms with Crippen LogP contribution >= 0.6 is 0 Å². The van der Waals surface area contributed by atoms with Crippen LogP contribution in [0.4, 0.5) is 0 Å². The van der Waals surface area contributed by atoms with E-state index in [1.54, 1.807) is 0 Å². The van der Waals surface area contributed by atoms with Crippen molar-refractivity contribution in [3.8, 4) is 0 Å². The van der Waals surface area contributed by atoms with E-state index in [-0.39, 0.29) is 23.8 Å². The molecule has 1 aliphatic rings. The summed E-state index contributed by atoms with van der Waals surface area (Å²) in [5.74, 6) is -1.73. The lowest BCUT2D eigenvalue weighted by Crippen LogP contribution is -2.48. The van der Waals surface area contributed by atoms with Crippen LogP contribution in [0.3, 0.4) is 0 Å². The summed E-state index contributed by atoms with van der Waals surface area (Å²) in [6, 6.07) is 0. The molecule has 0 aliphatic heterocycles. The number of esters is 2. The summed E-state index contributed by atoms with van der Waals surface area (Å²) in [4.78, 5) is 36.1. The lowest BCUT2D eigenvalue weighted by atomic mass is 9.77. The number of aliphatic hydroxyl groups is 1. The van der Waals surface area contributed by atoms with Gasteiger partial charge in [-0.1, -0.05) is 34.1 Å². The highest BCUT2D eigenvalue weighted by Gasteiger charge is 2.44. The summed E-state index contributed by atoms with van der Waals surface area (Å²) in [6.45, 7) is 8.46. The van der Waals surface area contributed by atoms with E-state index in [1.807, 2.05) is 27.7 Å². The molecule has 0 unspecified atom stereocenters. The zero-order chi connectivity index (χ0) is 18.4. The Kier molecular flexibility index (Phi) is 7.60. The molecule has 0 amide bonds. The summed E-state index contributed by atoms with van der Waals surface area (Å²) in [5.41, 5.74) is 0.111. The van der Waals surface area contributed by atoms with Gasteiger partial charge in [0.05, 0.1) is 6.61 Å². The van der Waals surface area contributed by atoms with Gasteiger partial charge in [0.1, 0.15) is 6.10 Å². The second kappa shape index (κ2) is 8.97. The number of carbonyl (C=O) groups is 3. The van der Waals surface area contributed by atoms with Crippen molar-refractivity contribution in [2.24, 2.45) is 17.8 Å². The number of hydrogen-bond acceptors (Lipinski definition) is 6. The maximum atomic E-state index is 12.5. The number of aliphatic hydroxyl groups excluding tert-OH is 1. The highest BCUT2D eigenvalue weighted by atomic mass is 16.6. The molecule has 136 valence electrons. The quantitative estimate of drug-likeness (QED) is 0.713. The van der Waals surface area contributed by atoms with E-state index in [2.05, 4.69) is 0 Å². The third-order valence-corrected chi connectivity index (χ3v) is 4.38. The van der Waals surface area contributed by atoms with Gasteiger partial charge in [-0.2, -0.15) is 0 Å². The number of rotatable bonds is 7. The molecule has 0 fully saturated rings. The first-order valence-electron chi connectivity index (χ1n) is 8.43. The van der Waals surface area contributed by atoms with Crippen LogP contribution in [0.5, 0.6) is 0 Å². The van der Waals surface area contributed by atoms with Crippen LogP contribution in [0, 0.1) is 17.8 Å². The molecule has 1 rings (SSSR count). The topological polar surface area (TPSA) is 89.9 Å². The number of carbonyl (C=O) groups excluding carboxylic acids is 3. The molecule has 1 N–H and O–H groups in total. The van der Waals surface area contributed by atoms with Gasteiger partial charge in [0, 0.05) is 24.8 Å². The van der Waals surface area contributed by atoms with Gasteiger partial charge in [-0.3, -0.25) is 14.4 Å². The van der Waals surface area contributed by atoms with Crippen molar-refractivity contribution in [2.75, 3.05) is 6.61 Å². The van der Waals surface area contributed by atoms with E-state index in [0.29, 0.717) is 0 Å². The van der Waals surface area contributed by atoms with Gasteiger partial charge in [0.25, 0.3) is 0 Å². The van der Waals surface area contributed by atoms with Gasteiger partial charge in [-0.05, 0) is 17.9 Å². The molecular weight excluding hydrogens is 312 g/mol. The third-order valence-electron chi connectivity index (χ3n) is 4.38. The lowest BCUT2D eigenvalue weighted by molar-refractivity contribution is -0.167. The fraction of sp³-hybridized carbons (Fsp3) is 0.722. The Morgan fingerprint density at radius 1 is 1.25 bits per heavy atom. The average Bonchev–Trinajstić information content (AvgIpc) is 2.48. The van der Waals surface area contributed by atoms with Crippen LogP contribution in [0.2, 0.25) is 0 Å². The molecule has 0 aromatic heterocycles. The minimum absolute atomic E-state index is 0.0591. The first kappa shape index (κ1) is 20.4. The fourth-order valence-electron chi connectivity index (χ4n) is 2.84. The van der Waals surface area contributed by atoms with E-state index in [9.17, 15) is 19.5 Å². The van der Waals surface area contributed by atoms with Crippen LogP contribution in [0.15, 0.2) is 11.6 Å². The molecule has 0 heterocycles. The molecular formula is C18H28O6. The largest absolute Gasteiger partial charge is 0.458 e. The zero-order valence-corrected chi connectivity index (χ0v) is 15.1. The summed E-state index contributed by atoms with van der Waals surface area (Å²) < 4.78 is 10.8. The van der Waals surface area contributed by atoms with E-state index < -0.39 is 42.5 Å². The van der Waals surface area contributed by atoms with Gasteiger partial charge >= 0.3 is 11.9 Å². The fourth-order valence-corrected chi connectivity index (χ4v) is 2.84. The first-order chi connectivity index (χ1) is 11.2. The van der Waals surface area contributed by atoms with Gasteiger partial charge in [0.2, 0.25) is 5.78 Å². The van der Waals surface area contributed by atoms with Crippen LogP contribution in [-0.4, -0.2) is 41.6 Å². The molecule has 4 atom stereocenters. The highest BCUT2D eigenvalue weighted by molar-refractivity contribution is 6.01. The van der Waals surface area contributed by atoms with Crippen molar-refractivity contribution in [3.05, 3.63) is 11.6 Å². The summed E-state index contributed by atoms with van der Waals surface area (Å²) in [6.07, 6.45) is 0.774. The Balaban J connectivity index is 3.08. The summed E-state index contributed by atoms with van der Waals surface area (Å²) >= 11 is 0. The minimum Gasteiger partial charge on any atom is -0.458 e. The third kappa shape index (κ3) is 5.16. The van der Waals surface area contributed by atoms with Crippen LogP contribution in [0.25, 0.3) is 0 Å². The predicted octanol–water partition coefficient (Wildman–Crippen LogP) is 2.04. The number of Topliss-reactive ketones (excluding diaryl/α,β-unsaturated/α-hetero) is 1. The molecule has 24 heavy (non-hydrogen) atoms. The Morgan fingerprint density at radius 3 is 2.33 bits per heavy atom. The molecule has 0 saturated heterocycles. The standard InChI is InChI=1S/C18H28O6/c1-6-11(4)7-15(21)24-18-16(10(2)3)14(23-12(5)20)8-13(9-19)17(18)22/h8,10-11,14,16,18-19H,6-7,9H2,1-5H3/t11-,14+,16+,18+/m1/s1. The Morgan fingerprint density at radius 2 is 1.88 bits per heavy atom. The molecule has 1 aliphatic carbocycles. The Bertz CT molecular complexity index is 508. The van der Waals surface area contributed by atoms with Crippen LogP contribution in [0.1, 0.15) is 47.5 Å². The van der Waals surface area contributed by atoms with E-state index >= 15 is 0 Å². The maximum absolute atomic E-state index is 12.5. The van der Waals surface area contributed by atoms with Crippen LogP contribution < -0.4 is 0 Å². The molecule has 0 aromatic rings.